The third-order valence-electron chi connectivity index (χ3n) is 3.21. The van der Waals surface area contributed by atoms with Crippen molar-refractivity contribution in [1.29, 1.82) is 0 Å². The molecular weight excluding hydrogens is 290 g/mol. The number of rotatable bonds is 2. The molecule has 110 valence electrons. The molecule has 3 aromatic rings. The Hall–Kier alpha value is -3.02. The van der Waals surface area contributed by atoms with Gasteiger partial charge in [-0.2, -0.15) is 0 Å². The molecule has 1 amide bonds. The van der Waals surface area contributed by atoms with Crippen molar-refractivity contribution in [3.63, 3.8) is 0 Å². The van der Waals surface area contributed by atoms with E-state index in [0.717, 1.165) is 6.20 Å². The van der Waals surface area contributed by atoms with Gasteiger partial charge in [0.25, 0.3) is 5.91 Å². The number of nitrogens with one attached hydrogen (secondary N) is 2. The van der Waals surface area contributed by atoms with Crippen LogP contribution in [0.5, 0.6) is 0 Å². The van der Waals surface area contributed by atoms with Gasteiger partial charge in [-0.1, -0.05) is 6.07 Å². The van der Waals surface area contributed by atoms with Gasteiger partial charge in [0.15, 0.2) is 0 Å². The van der Waals surface area contributed by atoms with Crippen LogP contribution in [0.4, 0.5) is 14.5 Å². The predicted octanol–water partition coefficient (Wildman–Crippen LogP) is 3.06. The molecule has 0 saturated carbocycles. The smallest absolute Gasteiger partial charge is 0.261 e. The molecule has 2 aromatic carbocycles. The number of H-pyrrole nitrogens is 1. The molecule has 0 fully saturated rings. The van der Waals surface area contributed by atoms with Crippen LogP contribution in [0.25, 0.3) is 10.9 Å². The van der Waals surface area contributed by atoms with E-state index in [0.29, 0.717) is 5.69 Å². The molecule has 0 radical (unpaired) electrons. The number of hydrogen-bond acceptors (Lipinski definition) is 2. The van der Waals surface area contributed by atoms with Gasteiger partial charge >= 0.3 is 0 Å². The average Bonchev–Trinajstić information content (AvgIpc) is 2.51. The van der Waals surface area contributed by atoms with Crippen LogP contribution in [0.1, 0.15) is 10.4 Å². The van der Waals surface area contributed by atoms with Gasteiger partial charge in [0.05, 0.1) is 5.52 Å². The summed E-state index contributed by atoms with van der Waals surface area (Å²) in [4.78, 5) is 27.0. The zero-order valence-corrected chi connectivity index (χ0v) is 11.2. The summed E-state index contributed by atoms with van der Waals surface area (Å²) >= 11 is 0. The van der Waals surface area contributed by atoms with Crippen molar-refractivity contribution in [2.24, 2.45) is 0 Å². The molecule has 0 aliphatic heterocycles. The molecule has 3 rings (SSSR count). The largest absolute Gasteiger partial charge is 0.358 e. The SMILES string of the molecule is O=C(Nc1ccc(F)cc1)c1c[nH]c2c(F)cccc2c1=O. The lowest BCUT2D eigenvalue weighted by Crippen LogP contribution is -2.22. The Balaban J connectivity index is 1.99. The first-order chi connectivity index (χ1) is 10.6. The fraction of sp³-hybridized carbons (Fsp3) is 0. The second-order valence-electron chi connectivity index (χ2n) is 4.65. The highest BCUT2D eigenvalue weighted by atomic mass is 19.1. The Morgan fingerprint density at radius 3 is 2.50 bits per heavy atom. The predicted molar refractivity (Wildman–Crippen MR) is 78.9 cm³/mol. The van der Waals surface area contributed by atoms with Crippen molar-refractivity contribution < 1.29 is 13.6 Å². The summed E-state index contributed by atoms with van der Waals surface area (Å²) in [6.45, 7) is 0. The number of hydrogen-bond donors (Lipinski definition) is 2. The lowest BCUT2D eigenvalue weighted by Gasteiger charge is -2.06. The van der Waals surface area contributed by atoms with Crippen molar-refractivity contribution in [2.45, 2.75) is 0 Å². The van der Waals surface area contributed by atoms with Gasteiger partial charge in [0.2, 0.25) is 5.43 Å². The van der Waals surface area contributed by atoms with Crippen LogP contribution in [0.3, 0.4) is 0 Å². The third-order valence-corrected chi connectivity index (χ3v) is 3.21. The zero-order chi connectivity index (χ0) is 15.7. The maximum atomic E-state index is 13.6. The van der Waals surface area contributed by atoms with E-state index in [1.807, 2.05) is 0 Å². The normalized spacial score (nSPS) is 10.6. The molecule has 1 aromatic heterocycles. The van der Waals surface area contributed by atoms with Crippen LogP contribution in [0.15, 0.2) is 53.5 Å². The molecule has 0 atom stereocenters. The summed E-state index contributed by atoms with van der Waals surface area (Å²) in [6.07, 6.45) is 1.16. The fourth-order valence-corrected chi connectivity index (χ4v) is 2.12. The number of aromatic amines is 1. The lowest BCUT2D eigenvalue weighted by atomic mass is 10.1. The molecule has 0 aliphatic rings. The van der Waals surface area contributed by atoms with Gasteiger partial charge in [-0.3, -0.25) is 9.59 Å². The second-order valence-corrected chi connectivity index (χ2v) is 4.65. The van der Waals surface area contributed by atoms with Gasteiger partial charge in [0, 0.05) is 17.3 Å². The quantitative estimate of drug-likeness (QED) is 0.764. The lowest BCUT2D eigenvalue weighted by molar-refractivity contribution is 0.102. The van der Waals surface area contributed by atoms with E-state index >= 15 is 0 Å². The summed E-state index contributed by atoms with van der Waals surface area (Å²) < 4.78 is 26.4. The summed E-state index contributed by atoms with van der Waals surface area (Å²) in [7, 11) is 0. The summed E-state index contributed by atoms with van der Waals surface area (Å²) in [5.41, 5.74) is -0.328. The molecule has 6 heteroatoms. The number of carbonyl (C=O) groups excluding carboxylic acids is 1. The minimum Gasteiger partial charge on any atom is -0.358 e. The molecule has 22 heavy (non-hydrogen) atoms. The van der Waals surface area contributed by atoms with E-state index in [4.69, 9.17) is 0 Å². The Kier molecular flexibility index (Phi) is 3.42. The molecule has 0 aliphatic carbocycles. The highest BCUT2D eigenvalue weighted by Gasteiger charge is 2.14. The topological polar surface area (TPSA) is 62.0 Å². The minimum absolute atomic E-state index is 0.0471. The maximum absolute atomic E-state index is 13.6. The molecule has 0 spiro atoms. The third kappa shape index (κ3) is 2.46. The van der Waals surface area contributed by atoms with Gasteiger partial charge < -0.3 is 10.3 Å². The molecule has 0 saturated heterocycles. The van der Waals surface area contributed by atoms with Crippen molar-refractivity contribution in [1.82, 2.24) is 4.98 Å². The van der Waals surface area contributed by atoms with Crippen molar-refractivity contribution >= 4 is 22.5 Å². The number of carbonyl (C=O) groups is 1. The first-order valence-corrected chi connectivity index (χ1v) is 6.43. The number of fused-ring (bicyclic) bond motifs is 1. The van der Waals surface area contributed by atoms with E-state index in [1.165, 1.54) is 42.5 Å². The van der Waals surface area contributed by atoms with E-state index in [-0.39, 0.29) is 16.5 Å². The van der Waals surface area contributed by atoms with Crippen LogP contribution in [-0.2, 0) is 0 Å². The van der Waals surface area contributed by atoms with E-state index in [2.05, 4.69) is 10.3 Å². The summed E-state index contributed by atoms with van der Waals surface area (Å²) in [5.74, 6) is -1.66. The molecule has 0 unspecified atom stereocenters. The van der Waals surface area contributed by atoms with Crippen LogP contribution in [0.2, 0.25) is 0 Å². The van der Waals surface area contributed by atoms with Crippen LogP contribution in [0, 0.1) is 11.6 Å². The standard InChI is InChI=1S/C16H10F2N2O2/c17-9-4-6-10(7-5-9)20-16(22)12-8-19-14-11(15(12)21)2-1-3-13(14)18/h1-8H,(H,19,21)(H,20,22). The summed E-state index contributed by atoms with van der Waals surface area (Å²) in [5, 5.41) is 2.58. The molecule has 0 bridgehead atoms. The van der Waals surface area contributed by atoms with E-state index < -0.39 is 23.0 Å². The molecule has 4 nitrogen and oxygen atoms in total. The Labute approximate surface area is 123 Å². The van der Waals surface area contributed by atoms with Crippen molar-refractivity contribution in [3.05, 3.63) is 76.1 Å². The van der Waals surface area contributed by atoms with E-state index in [9.17, 15) is 18.4 Å². The Morgan fingerprint density at radius 1 is 1.05 bits per heavy atom. The molecule has 1 heterocycles. The first-order valence-electron chi connectivity index (χ1n) is 6.43. The highest BCUT2D eigenvalue weighted by molar-refractivity contribution is 6.05. The number of halogens is 2. The minimum atomic E-state index is -0.654. The van der Waals surface area contributed by atoms with Crippen molar-refractivity contribution in [2.75, 3.05) is 5.32 Å². The van der Waals surface area contributed by atoms with Crippen LogP contribution in [-0.4, -0.2) is 10.9 Å². The monoisotopic (exact) mass is 300 g/mol. The number of para-hydroxylation sites is 1. The first kappa shape index (κ1) is 13.9. The zero-order valence-electron chi connectivity index (χ0n) is 11.2. The highest BCUT2D eigenvalue weighted by Crippen LogP contribution is 2.13. The number of pyridine rings is 1. The van der Waals surface area contributed by atoms with Gasteiger partial charge in [-0.15, -0.1) is 0 Å². The number of amides is 1. The van der Waals surface area contributed by atoms with Gasteiger partial charge in [0.1, 0.15) is 17.2 Å². The second kappa shape index (κ2) is 5.40. The van der Waals surface area contributed by atoms with E-state index in [1.54, 1.807) is 0 Å². The number of anilines is 1. The maximum Gasteiger partial charge on any atom is 0.261 e. The number of aromatic nitrogens is 1. The molecular formula is C16H10F2N2O2. The van der Waals surface area contributed by atoms with Crippen molar-refractivity contribution in [3.8, 4) is 0 Å². The fourth-order valence-electron chi connectivity index (χ4n) is 2.12. The summed E-state index contributed by atoms with van der Waals surface area (Å²) in [6, 6.07) is 9.19. The van der Waals surface area contributed by atoms with Gasteiger partial charge in [-0.25, -0.2) is 8.78 Å². The molecule has 2 N–H and O–H groups in total. The van der Waals surface area contributed by atoms with Crippen LogP contribution >= 0.6 is 0 Å². The van der Waals surface area contributed by atoms with Gasteiger partial charge in [-0.05, 0) is 36.4 Å². The number of benzene rings is 2. The Bertz CT molecular complexity index is 918. The average molecular weight is 300 g/mol. The Morgan fingerprint density at radius 2 is 1.77 bits per heavy atom. The van der Waals surface area contributed by atoms with Crippen LogP contribution < -0.4 is 10.7 Å².